The number of rotatable bonds is 3. The van der Waals surface area contributed by atoms with Crippen molar-refractivity contribution in [1.82, 2.24) is 15.5 Å². The van der Waals surface area contributed by atoms with Crippen LogP contribution in [0, 0.1) is 5.92 Å². The van der Waals surface area contributed by atoms with Crippen molar-refractivity contribution in [3.05, 3.63) is 0 Å². The molecule has 0 spiro atoms. The fourth-order valence-electron chi connectivity index (χ4n) is 2.64. The molecule has 0 bridgehead atoms. The Balaban J connectivity index is 0.00000108. The largest absolute Gasteiger partial charge is 0.353 e. The Bertz CT molecular complexity index is 271. The second-order valence-corrected chi connectivity index (χ2v) is 5.41. The molecule has 3 rings (SSSR count). The maximum Gasteiger partial charge on any atom is 0.225 e. The van der Waals surface area contributed by atoms with Crippen LogP contribution in [0.25, 0.3) is 0 Å². The molecular weight excluding hydrogens is 238 g/mol. The maximum absolute atomic E-state index is 11.8. The summed E-state index contributed by atoms with van der Waals surface area (Å²) in [5.74, 6) is 0.505. The van der Waals surface area contributed by atoms with E-state index in [0.29, 0.717) is 6.04 Å². The second kappa shape index (κ2) is 5.55. The van der Waals surface area contributed by atoms with Crippen molar-refractivity contribution in [3.63, 3.8) is 0 Å². The lowest BCUT2D eigenvalue weighted by Crippen LogP contribution is -2.54. The third-order valence-corrected chi connectivity index (χ3v) is 4.09. The Morgan fingerprint density at radius 2 is 1.76 bits per heavy atom. The fourth-order valence-corrected chi connectivity index (χ4v) is 2.64. The van der Waals surface area contributed by atoms with Crippen LogP contribution in [0.15, 0.2) is 0 Å². The molecule has 17 heavy (non-hydrogen) atoms. The first kappa shape index (κ1) is 13.1. The molecule has 1 saturated carbocycles. The summed E-state index contributed by atoms with van der Waals surface area (Å²) in [5.41, 5.74) is 0. The number of likely N-dealkylation sites (tertiary alicyclic amines) is 1. The van der Waals surface area contributed by atoms with Gasteiger partial charge in [0.1, 0.15) is 0 Å². The minimum absolute atomic E-state index is 0. The molecule has 4 nitrogen and oxygen atoms in total. The van der Waals surface area contributed by atoms with Gasteiger partial charge >= 0.3 is 0 Å². The maximum atomic E-state index is 11.8. The zero-order chi connectivity index (χ0) is 11.0. The Labute approximate surface area is 109 Å². The molecule has 0 atom stereocenters. The summed E-state index contributed by atoms with van der Waals surface area (Å²) in [7, 11) is 0. The Morgan fingerprint density at radius 1 is 1.12 bits per heavy atom. The first-order valence-electron chi connectivity index (χ1n) is 6.58. The minimum atomic E-state index is 0. The molecular formula is C12H22ClN3O. The molecule has 2 heterocycles. The van der Waals surface area contributed by atoms with Crippen LogP contribution in [0.3, 0.4) is 0 Å². The van der Waals surface area contributed by atoms with Gasteiger partial charge in [-0.05, 0) is 25.7 Å². The van der Waals surface area contributed by atoms with E-state index in [4.69, 9.17) is 0 Å². The smallest absolute Gasteiger partial charge is 0.225 e. The van der Waals surface area contributed by atoms with E-state index in [1.54, 1.807) is 0 Å². The van der Waals surface area contributed by atoms with Crippen LogP contribution in [0.4, 0.5) is 0 Å². The van der Waals surface area contributed by atoms with Gasteiger partial charge in [-0.2, -0.15) is 0 Å². The minimum Gasteiger partial charge on any atom is -0.353 e. The molecule has 2 N–H and O–H groups in total. The lowest BCUT2D eigenvalue weighted by molar-refractivity contribution is -0.127. The summed E-state index contributed by atoms with van der Waals surface area (Å²) < 4.78 is 0. The zero-order valence-corrected chi connectivity index (χ0v) is 11.0. The van der Waals surface area contributed by atoms with E-state index in [-0.39, 0.29) is 24.2 Å². The van der Waals surface area contributed by atoms with Gasteiger partial charge in [0, 0.05) is 38.3 Å². The van der Waals surface area contributed by atoms with E-state index in [0.717, 1.165) is 32.0 Å². The van der Waals surface area contributed by atoms with Gasteiger partial charge < -0.3 is 15.5 Å². The van der Waals surface area contributed by atoms with Crippen molar-refractivity contribution < 1.29 is 4.79 Å². The van der Waals surface area contributed by atoms with Crippen molar-refractivity contribution >= 4 is 18.3 Å². The van der Waals surface area contributed by atoms with Gasteiger partial charge in [-0.1, -0.05) is 0 Å². The molecule has 0 unspecified atom stereocenters. The molecule has 3 aliphatic rings. The van der Waals surface area contributed by atoms with Crippen LogP contribution in [0.2, 0.25) is 0 Å². The van der Waals surface area contributed by atoms with Crippen molar-refractivity contribution in [3.8, 4) is 0 Å². The molecule has 1 amide bonds. The third-order valence-electron chi connectivity index (χ3n) is 4.09. The molecule has 0 aromatic heterocycles. The molecule has 1 aliphatic carbocycles. The number of nitrogens with one attached hydrogen (secondary N) is 2. The van der Waals surface area contributed by atoms with Gasteiger partial charge in [-0.15, -0.1) is 12.4 Å². The Hall–Kier alpha value is -0.320. The number of amides is 1. The Morgan fingerprint density at radius 3 is 2.24 bits per heavy atom. The van der Waals surface area contributed by atoms with E-state index in [1.807, 2.05) is 0 Å². The van der Waals surface area contributed by atoms with Crippen LogP contribution >= 0.6 is 12.4 Å². The van der Waals surface area contributed by atoms with E-state index in [2.05, 4.69) is 15.5 Å². The summed E-state index contributed by atoms with van der Waals surface area (Å²) in [6.45, 7) is 4.09. The molecule has 0 aromatic carbocycles. The average molecular weight is 260 g/mol. The second-order valence-electron chi connectivity index (χ2n) is 5.41. The van der Waals surface area contributed by atoms with Crippen molar-refractivity contribution in [2.75, 3.05) is 26.2 Å². The zero-order valence-electron chi connectivity index (χ0n) is 10.2. The Kier molecular flexibility index (Phi) is 4.28. The molecule has 2 aliphatic heterocycles. The lowest BCUT2D eigenvalue weighted by atomic mass is 9.99. The highest BCUT2D eigenvalue weighted by Crippen LogP contribution is 2.29. The first-order valence-corrected chi connectivity index (χ1v) is 6.58. The monoisotopic (exact) mass is 259 g/mol. The summed E-state index contributed by atoms with van der Waals surface area (Å²) in [6, 6.07) is 1.32. The normalized spacial score (nSPS) is 27.1. The van der Waals surface area contributed by atoms with Gasteiger partial charge in [0.05, 0.1) is 5.92 Å². The van der Waals surface area contributed by atoms with Crippen molar-refractivity contribution in [2.45, 2.75) is 37.8 Å². The van der Waals surface area contributed by atoms with Gasteiger partial charge in [-0.3, -0.25) is 4.79 Å². The van der Waals surface area contributed by atoms with E-state index < -0.39 is 0 Å². The van der Waals surface area contributed by atoms with Crippen LogP contribution in [0.5, 0.6) is 0 Å². The molecule has 3 fully saturated rings. The number of halogens is 1. The highest BCUT2D eigenvalue weighted by atomic mass is 35.5. The highest BCUT2D eigenvalue weighted by Gasteiger charge is 2.33. The van der Waals surface area contributed by atoms with Gasteiger partial charge in [0.25, 0.3) is 0 Å². The number of hydrogen-bond donors (Lipinski definition) is 2. The molecule has 0 radical (unpaired) electrons. The van der Waals surface area contributed by atoms with Crippen LogP contribution in [0.1, 0.15) is 25.7 Å². The van der Waals surface area contributed by atoms with E-state index in [1.165, 1.54) is 25.9 Å². The van der Waals surface area contributed by atoms with Crippen LogP contribution < -0.4 is 10.6 Å². The number of hydrogen-bond acceptors (Lipinski definition) is 3. The lowest BCUT2D eigenvalue weighted by Gasteiger charge is -2.34. The number of piperidine rings is 1. The topological polar surface area (TPSA) is 44.4 Å². The number of nitrogens with zero attached hydrogens (tertiary/aromatic N) is 1. The van der Waals surface area contributed by atoms with Gasteiger partial charge in [0.15, 0.2) is 0 Å². The summed E-state index contributed by atoms with van der Waals surface area (Å²) in [6.07, 6.45) is 5.07. The summed E-state index contributed by atoms with van der Waals surface area (Å²) in [5, 5.41) is 6.34. The quantitative estimate of drug-likeness (QED) is 0.770. The van der Waals surface area contributed by atoms with E-state index in [9.17, 15) is 4.79 Å². The summed E-state index contributed by atoms with van der Waals surface area (Å²) >= 11 is 0. The van der Waals surface area contributed by atoms with Gasteiger partial charge in [-0.25, -0.2) is 0 Å². The first-order chi connectivity index (χ1) is 7.83. The highest BCUT2D eigenvalue weighted by molar-refractivity contribution is 5.85. The van der Waals surface area contributed by atoms with E-state index >= 15 is 0 Å². The number of carbonyl (C=O) groups is 1. The van der Waals surface area contributed by atoms with Crippen molar-refractivity contribution in [1.29, 1.82) is 0 Å². The predicted octanol–water partition coefficient (Wildman–Crippen LogP) is 0.371. The molecule has 5 heteroatoms. The fraction of sp³-hybridized carbons (Fsp3) is 0.917. The number of carbonyl (C=O) groups excluding carboxylic acids is 1. The van der Waals surface area contributed by atoms with Crippen molar-refractivity contribution in [2.24, 2.45) is 5.92 Å². The molecule has 98 valence electrons. The molecule has 0 aromatic rings. The third kappa shape index (κ3) is 3.12. The predicted molar refractivity (Wildman–Crippen MR) is 69.4 cm³/mol. The molecule has 2 saturated heterocycles. The standard InChI is InChI=1S/C12H21N3O.ClH/c16-12(9-7-13-8-9)14-10-3-5-15(6-4-10)11-1-2-11;/h9-11,13H,1-8H2,(H,14,16);1H. The van der Waals surface area contributed by atoms with Crippen LogP contribution in [-0.4, -0.2) is 49.1 Å². The van der Waals surface area contributed by atoms with Gasteiger partial charge in [0.2, 0.25) is 5.91 Å². The SMILES string of the molecule is Cl.O=C(NC1CCN(C2CC2)CC1)C1CNC1. The van der Waals surface area contributed by atoms with Crippen LogP contribution in [-0.2, 0) is 4.79 Å². The summed E-state index contributed by atoms with van der Waals surface area (Å²) in [4.78, 5) is 14.3. The average Bonchev–Trinajstić information content (AvgIpc) is 2.99.